The van der Waals surface area contributed by atoms with Crippen molar-refractivity contribution in [3.8, 4) is 0 Å². The largest absolute Gasteiger partial charge is 0.305 e. The van der Waals surface area contributed by atoms with Crippen molar-refractivity contribution >= 4 is 50.5 Å². The lowest BCUT2D eigenvalue weighted by atomic mass is 10.3. The number of halogens is 1. The molecule has 0 aromatic heterocycles. The maximum absolute atomic E-state index is 4.50. The molecule has 74 valence electrons. The third-order valence-electron chi connectivity index (χ3n) is 1.67. The smallest absolute Gasteiger partial charge is 0.172 e. The zero-order chi connectivity index (χ0) is 9.97. The van der Waals surface area contributed by atoms with Gasteiger partial charge in [-0.2, -0.15) is 0 Å². The van der Waals surface area contributed by atoms with E-state index in [-0.39, 0.29) is 0 Å². The normalized spacial score (nSPS) is 14.3. The van der Waals surface area contributed by atoms with Crippen molar-refractivity contribution in [3.63, 3.8) is 0 Å². The topological polar surface area (TPSA) is 24.4 Å². The van der Waals surface area contributed by atoms with Crippen molar-refractivity contribution in [3.05, 3.63) is 22.7 Å². The second-order valence-corrected chi connectivity index (χ2v) is 5.68. The van der Waals surface area contributed by atoms with Gasteiger partial charge in [0.1, 0.15) is 0 Å². The first-order valence-electron chi connectivity index (χ1n) is 4.23. The minimum atomic E-state index is 0.993. The highest BCUT2D eigenvalue weighted by molar-refractivity contribution is 9.10. The highest BCUT2D eigenvalue weighted by Gasteiger charge is 2.11. The summed E-state index contributed by atoms with van der Waals surface area (Å²) >= 11 is 6.79. The molecule has 0 amide bonds. The second kappa shape index (κ2) is 4.59. The minimum absolute atomic E-state index is 0.993. The van der Waals surface area contributed by atoms with Crippen LogP contribution in [0.2, 0.25) is 0 Å². The Bertz CT molecular complexity index is 379. The van der Waals surface area contributed by atoms with Gasteiger partial charge in [-0.05, 0) is 35.9 Å². The van der Waals surface area contributed by atoms with Gasteiger partial charge in [0.25, 0.3) is 0 Å². The summed E-state index contributed by atoms with van der Waals surface area (Å²) in [4.78, 5) is 5.67. The van der Waals surface area contributed by atoms with Crippen molar-refractivity contribution in [1.29, 1.82) is 0 Å². The quantitative estimate of drug-likeness (QED) is 0.796. The Kier molecular flexibility index (Phi) is 3.41. The van der Waals surface area contributed by atoms with Crippen molar-refractivity contribution in [2.45, 2.75) is 11.8 Å². The second-order valence-electron chi connectivity index (χ2n) is 2.67. The summed E-state index contributed by atoms with van der Waals surface area (Å²) in [5.74, 6) is 1.04. The molecule has 0 unspecified atom stereocenters. The van der Waals surface area contributed by atoms with E-state index in [1.54, 1.807) is 23.7 Å². The summed E-state index contributed by atoms with van der Waals surface area (Å²) in [6.07, 6.45) is 0. The molecule has 14 heavy (non-hydrogen) atoms. The molecule has 0 radical (unpaired) electrons. The molecule has 2 rings (SSSR count). The molecule has 5 heteroatoms. The number of aliphatic imine (C=N–C) groups is 1. The molecule has 1 N–H and O–H groups in total. The van der Waals surface area contributed by atoms with Gasteiger partial charge in [-0.25, -0.2) is 4.99 Å². The fourth-order valence-electron chi connectivity index (χ4n) is 1.09. The van der Waals surface area contributed by atoms with Crippen molar-refractivity contribution in [2.24, 2.45) is 4.99 Å². The number of fused-ring (bicyclic) bond motifs is 1. The molecule has 0 bridgehead atoms. The molecule has 1 aromatic rings. The van der Waals surface area contributed by atoms with Crippen LogP contribution in [0, 0.1) is 0 Å². The number of thioether (sulfide) groups is 1. The lowest BCUT2D eigenvalue weighted by molar-refractivity contribution is 1.30. The van der Waals surface area contributed by atoms with Gasteiger partial charge in [0.2, 0.25) is 0 Å². The van der Waals surface area contributed by atoms with Crippen LogP contribution in [0.1, 0.15) is 6.92 Å². The Morgan fingerprint density at radius 3 is 3.21 bits per heavy atom. The zero-order valence-corrected chi connectivity index (χ0v) is 10.8. The monoisotopic (exact) mass is 288 g/mol. The molecule has 0 atom stereocenters. The molecule has 0 aliphatic carbocycles. The van der Waals surface area contributed by atoms with E-state index in [1.165, 1.54) is 4.90 Å². The van der Waals surface area contributed by atoms with Crippen LogP contribution < -0.4 is 4.72 Å². The van der Waals surface area contributed by atoms with Gasteiger partial charge in [0, 0.05) is 4.47 Å². The predicted molar refractivity (Wildman–Crippen MR) is 68.4 cm³/mol. The first-order chi connectivity index (χ1) is 6.79. The fourth-order valence-corrected chi connectivity index (χ4v) is 3.05. The van der Waals surface area contributed by atoms with Crippen LogP contribution in [0.5, 0.6) is 0 Å². The van der Waals surface area contributed by atoms with Crippen LogP contribution in [-0.4, -0.2) is 10.9 Å². The number of nitrogens with one attached hydrogen (secondary N) is 1. The van der Waals surface area contributed by atoms with Crippen molar-refractivity contribution in [2.75, 3.05) is 5.75 Å². The first-order valence-corrected chi connectivity index (χ1v) is 6.83. The zero-order valence-electron chi connectivity index (χ0n) is 7.58. The van der Waals surface area contributed by atoms with Crippen molar-refractivity contribution < 1.29 is 0 Å². The molecule has 1 aromatic carbocycles. The van der Waals surface area contributed by atoms with E-state index < -0.39 is 0 Å². The minimum Gasteiger partial charge on any atom is -0.305 e. The number of nitrogens with zero attached hydrogens (tertiary/aromatic N) is 1. The predicted octanol–water partition coefficient (Wildman–Crippen LogP) is 3.80. The fraction of sp³-hybridized carbons (Fsp3) is 0.222. The summed E-state index contributed by atoms with van der Waals surface area (Å²) in [5.41, 5.74) is 1.05. The Hall–Kier alpha value is -0.130. The van der Waals surface area contributed by atoms with Crippen LogP contribution in [0.25, 0.3) is 0 Å². The summed E-state index contributed by atoms with van der Waals surface area (Å²) in [6, 6.07) is 6.12. The Morgan fingerprint density at radius 2 is 2.43 bits per heavy atom. The number of hydrogen-bond acceptors (Lipinski definition) is 4. The lowest BCUT2D eigenvalue weighted by Crippen LogP contribution is -2.14. The molecule has 0 saturated heterocycles. The summed E-state index contributed by atoms with van der Waals surface area (Å²) in [6.45, 7) is 2.12. The number of amidine groups is 1. The van der Waals surface area contributed by atoms with Gasteiger partial charge in [0.05, 0.1) is 10.6 Å². The third-order valence-corrected chi connectivity index (χ3v) is 3.89. The number of benzene rings is 1. The molecule has 1 heterocycles. The summed E-state index contributed by atoms with van der Waals surface area (Å²) in [5, 5.41) is 0.993. The van der Waals surface area contributed by atoms with E-state index >= 15 is 0 Å². The average molecular weight is 289 g/mol. The number of rotatable bonds is 1. The SMILES string of the molecule is CCSC1=Nc2ccc(Br)cc2SN1. The Labute approximate surface area is 100 Å². The van der Waals surface area contributed by atoms with E-state index in [2.05, 4.69) is 38.6 Å². The van der Waals surface area contributed by atoms with Crippen LogP contribution in [0.3, 0.4) is 0 Å². The van der Waals surface area contributed by atoms with E-state index in [4.69, 9.17) is 0 Å². The van der Waals surface area contributed by atoms with E-state index in [9.17, 15) is 0 Å². The van der Waals surface area contributed by atoms with Crippen LogP contribution in [-0.2, 0) is 0 Å². The molecule has 1 aliphatic heterocycles. The van der Waals surface area contributed by atoms with Crippen molar-refractivity contribution in [1.82, 2.24) is 4.72 Å². The lowest BCUT2D eigenvalue weighted by Gasteiger charge is -2.15. The van der Waals surface area contributed by atoms with E-state index in [0.717, 1.165) is 21.1 Å². The highest BCUT2D eigenvalue weighted by Crippen LogP contribution is 2.34. The maximum atomic E-state index is 4.50. The average Bonchev–Trinajstić information content (AvgIpc) is 2.19. The molecular formula is C9H9BrN2S2. The highest BCUT2D eigenvalue weighted by atomic mass is 79.9. The molecule has 1 aliphatic rings. The van der Waals surface area contributed by atoms with Crippen LogP contribution in [0.15, 0.2) is 32.6 Å². The molecule has 0 spiro atoms. The maximum Gasteiger partial charge on any atom is 0.172 e. The van der Waals surface area contributed by atoms with Gasteiger partial charge >= 0.3 is 0 Å². The van der Waals surface area contributed by atoms with Gasteiger partial charge in [-0.1, -0.05) is 34.6 Å². The number of hydrogen-bond donors (Lipinski definition) is 1. The third kappa shape index (κ3) is 2.27. The van der Waals surface area contributed by atoms with Gasteiger partial charge in [0.15, 0.2) is 5.17 Å². The molecule has 0 saturated carbocycles. The molecule has 2 nitrogen and oxygen atoms in total. The van der Waals surface area contributed by atoms with Crippen LogP contribution >= 0.6 is 39.6 Å². The Morgan fingerprint density at radius 1 is 1.57 bits per heavy atom. The summed E-state index contributed by atoms with van der Waals surface area (Å²) in [7, 11) is 0. The molecular weight excluding hydrogens is 280 g/mol. The van der Waals surface area contributed by atoms with E-state index in [0.29, 0.717) is 0 Å². The Balaban J connectivity index is 2.30. The van der Waals surface area contributed by atoms with Gasteiger partial charge in [-0.3, -0.25) is 0 Å². The van der Waals surface area contributed by atoms with Gasteiger partial charge < -0.3 is 4.72 Å². The first kappa shape index (κ1) is 10.4. The summed E-state index contributed by atoms with van der Waals surface area (Å²) < 4.78 is 4.30. The van der Waals surface area contributed by atoms with Crippen LogP contribution in [0.4, 0.5) is 5.69 Å². The molecule has 0 fully saturated rings. The van der Waals surface area contributed by atoms with Gasteiger partial charge in [-0.15, -0.1) is 0 Å². The standard InChI is InChI=1S/C9H9BrN2S2/c1-2-13-9-11-7-4-3-6(10)5-8(7)14-12-9/h3-5H,2H2,1H3,(H,11,12). The van der Waals surface area contributed by atoms with E-state index in [1.807, 2.05) is 12.1 Å².